The summed E-state index contributed by atoms with van der Waals surface area (Å²) in [5.74, 6) is 1.12. The van der Waals surface area contributed by atoms with Gasteiger partial charge in [0.05, 0.1) is 23.3 Å². The first-order valence-electron chi connectivity index (χ1n) is 10.8. The number of hydrogen-bond donors (Lipinski definition) is 1. The van der Waals surface area contributed by atoms with Gasteiger partial charge >= 0.3 is 0 Å². The van der Waals surface area contributed by atoms with Crippen LogP contribution in [0.2, 0.25) is 0 Å². The van der Waals surface area contributed by atoms with Crippen LogP contribution in [-0.4, -0.2) is 24.5 Å². The van der Waals surface area contributed by atoms with Gasteiger partial charge in [-0.1, -0.05) is 0 Å². The molecule has 2 bridgehead atoms. The summed E-state index contributed by atoms with van der Waals surface area (Å²) in [5, 5.41) is 9.43. The van der Waals surface area contributed by atoms with Crippen LogP contribution in [0, 0.1) is 18.7 Å². The molecule has 1 aliphatic carbocycles. The van der Waals surface area contributed by atoms with Crippen molar-refractivity contribution in [2.75, 3.05) is 5.73 Å². The minimum Gasteiger partial charge on any atom is -0.485 e. The first kappa shape index (κ1) is 19.0. The Kier molecular flexibility index (Phi) is 4.28. The number of fused-ring (bicyclic) bond motifs is 7. The van der Waals surface area contributed by atoms with E-state index in [1.165, 1.54) is 25.0 Å². The monoisotopic (exact) mass is 430 g/mol. The number of benzene rings is 1. The van der Waals surface area contributed by atoms with E-state index in [2.05, 4.69) is 15.7 Å². The highest BCUT2D eigenvalue weighted by molar-refractivity contribution is 5.67. The molecule has 1 aromatic carbocycles. The molecule has 2 N–H and O–H groups in total. The molecule has 0 saturated heterocycles. The van der Waals surface area contributed by atoms with E-state index in [9.17, 15) is 4.39 Å². The molecule has 1 saturated carbocycles. The molecule has 1 fully saturated rings. The van der Waals surface area contributed by atoms with Crippen molar-refractivity contribution in [2.24, 2.45) is 5.92 Å². The van der Waals surface area contributed by atoms with Crippen molar-refractivity contribution in [3.63, 3.8) is 0 Å². The topological polar surface area (TPSA) is 83.8 Å². The smallest absolute Gasteiger partial charge is 0.166 e. The molecule has 1 aliphatic heterocycles. The molecule has 162 valence electrons. The van der Waals surface area contributed by atoms with Gasteiger partial charge in [-0.05, 0) is 56.0 Å². The third-order valence-electron chi connectivity index (χ3n) is 6.13. The van der Waals surface area contributed by atoms with E-state index in [1.54, 1.807) is 12.3 Å². The Bertz CT molecular complexity index is 1340. The number of ether oxygens (including phenoxy) is 1. The van der Waals surface area contributed by atoms with Gasteiger partial charge in [-0.2, -0.15) is 10.2 Å². The normalized spacial score (nSPS) is 15.1. The zero-order valence-corrected chi connectivity index (χ0v) is 17.8. The van der Waals surface area contributed by atoms with Gasteiger partial charge in [0.25, 0.3) is 0 Å². The van der Waals surface area contributed by atoms with Gasteiger partial charge in [-0.3, -0.25) is 4.68 Å². The summed E-state index contributed by atoms with van der Waals surface area (Å²) in [4.78, 5) is 4.39. The molecule has 6 rings (SSSR count). The summed E-state index contributed by atoms with van der Waals surface area (Å²) in [6.07, 6.45) is 6.81. The van der Waals surface area contributed by atoms with Crippen LogP contribution in [0.5, 0.6) is 5.75 Å². The van der Waals surface area contributed by atoms with Crippen LogP contribution in [-0.2, 0) is 19.6 Å². The molecule has 4 aromatic rings. The second kappa shape index (κ2) is 7.19. The highest BCUT2D eigenvalue weighted by Crippen LogP contribution is 2.36. The van der Waals surface area contributed by atoms with E-state index in [1.807, 2.05) is 23.9 Å². The fraction of sp³-hybridized carbons (Fsp3) is 0.292. The van der Waals surface area contributed by atoms with Gasteiger partial charge < -0.3 is 10.5 Å². The zero-order chi connectivity index (χ0) is 21.8. The van der Waals surface area contributed by atoms with Gasteiger partial charge in [0.2, 0.25) is 0 Å². The highest BCUT2D eigenvalue weighted by Gasteiger charge is 2.26. The van der Waals surface area contributed by atoms with Crippen molar-refractivity contribution in [1.29, 1.82) is 0 Å². The zero-order valence-electron chi connectivity index (χ0n) is 17.8. The van der Waals surface area contributed by atoms with Gasteiger partial charge in [0.15, 0.2) is 11.6 Å². The van der Waals surface area contributed by atoms with Crippen molar-refractivity contribution in [1.82, 2.24) is 24.5 Å². The maximum atomic E-state index is 14.1. The van der Waals surface area contributed by atoms with E-state index in [4.69, 9.17) is 20.7 Å². The maximum Gasteiger partial charge on any atom is 0.166 e. The molecule has 0 unspecified atom stereocenters. The summed E-state index contributed by atoms with van der Waals surface area (Å²) in [6.45, 7) is 2.99. The first-order chi connectivity index (χ1) is 15.5. The van der Waals surface area contributed by atoms with E-state index in [-0.39, 0.29) is 12.4 Å². The summed E-state index contributed by atoms with van der Waals surface area (Å²) >= 11 is 0. The minimum absolute atomic E-state index is 0.148. The Balaban J connectivity index is 1.57. The number of rotatable bonds is 2. The van der Waals surface area contributed by atoms with Crippen molar-refractivity contribution >= 4 is 5.82 Å². The first-order valence-corrected chi connectivity index (χ1v) is 10.8. The summed E-state index contributed by atoms with van der Waals surface area (Å²) < 4.78 is 24.1. The van der Waals surface area contributed by atoms with Crippen molar-refractivity contribution in [3.8, 4) is 22.7 Å². The van der Waals surface area contributed by atoms with Crippen LogP contribution in [0.4, 0.5) is 10.2 Å². The Hall–Kier alpha value is -3.68. The molecule has 0 amide bonds. The summed E-state index contributed by atoms with van der Waals surface area (Å²) in [5.41, 5.74) is 12.5. The van der Waals surface area contributed by atoms with Crippen LogP contribution in [0.3, 0.4) is 0 Å². The molecule has 7 nitrogen and oxygen atoms in total. The number of aryl methyl sites for hydroxylation is 1. The average Bonchev–Trinajstić information content (AvgIpc) is 3.39. The predicted molar refractivity (Wildman–Crippen MR) is 118 cm³/mol. The number of anilines is 1. The summed E-state index contributed by atoms with van der Waals surface area (Å²) in [6, 6.07) is 8.64. The molecule has 2 aliphatic rings. The molecule has 0 atom stereocenters. The van der Waals surface area contributed by atoms with Crippen LogP contribution in [0.25, 0.3) is 16.9 Å². The van der Waals surface area contributed by atoms with Crippen LogP contribution in [0.15, 0.2) is 42.7 Å². The largest absolute Gasteiger partial charge is 0.485 e. The van der Waals surface area contributed by atoms with Crippen molar-refractivity contribution in [2.45, 2.75) is 39.3 Å². The second-order valence-corrected chi connectivity index (χ2v) is 8.68. The van der Waals surface area contributed by atoms with Gasteiger partial charge in [0.1, 0.15) is 12.4 Å². The molecular formula is C24H23FN6O. The number of hydrogen-bond acceptors (Lipinski definition) is 5. The maximum absolute atomic E-state index is 14.1. The van der Waals surface area contributed by atoms with E-state index < -0.39 is 0 Å². The van der Waals surface area contributed by atoms with E-state index >= 15 is 0 Å². The lowest BCUT2D eigenvalue weighted by Crippen LogP contribution is -2.11. The Labute approximate surface area is 184 Å². The molecule has 3 aromatic heterocycles. The van der Waals surface area contributed by atoms with Gasteiger partial charge in [-0.25, -0.2) is 14.1 Å². The molecule has 4 heterocycles. The number of aromatic nitrogens is 5. The van der Waals surface area contributed by atoms with Crippen LogP contribution in [0.1, 0.15) is 35.4 Å². The number of nitrogen functional groups attached to an aromatic ring is 1. The van der Waals surface area contributed by atoms with Gasteiger partial charge in [-0.15, -0.1) is 0 Å². The lowest BCUT2D eigenvalue weighted by Gasteiger charge is -2.17. The Morgan fingerprint density at radius 2 is 2.03 bits per heavy atom. The molecule has 8 heteroatoms. The third kappa shape index (κ3) is 3.32. The quantitative estimate of drug-likeness (QED) is 0.519. The number of halogens is 1. The van der Waals surface area contributed by atoms with Gasteiger partial charge in [0, 0.05) is 41.5 Å². The van der Waals surface area contributed by atoms with Crippen LogP contribution < -0.4 is 10.5 Å². The summed E-state index contributed by atoms with van der Waals surface area (Å²) in [7, 11) is 0. The highest BCUT2D eigenvalue weighted by atomic mass is 19.1. The second-order valence-electron chi connectivity index (χ2n) is 8.68. The number of pyridine rings is 1. The average molecular weight is 430 g/mol. The van der Waals surface area contributed by atoms with Crippen molar-refractivity contribution in [3.05, 3.63) is 71.1 Å². The number of nitrogens with zero attached hydrogens (tertiary/aromatic N) is 5. The van der Waals surface area contributed by atoms with Crippen LogP contribution >= 0.6 is 0 Å². The standard InChI is InChI=1S/C24H23FN6O/c1-14-6-20-8-16-11-28-30(12-15-2-3-15)23(16)17-9-22(24(26)27-10-17)32-13-18-7-19(25)4-5-21(18)31(20)29-14/h4-7,9-11,15H,2-3,8,12-13H2,1H3,(H2,26,27). The third-order valence-corrected chi connectivity index (χ3v) is 6.13. The number of nitrogens with two attached hydrogens (primary N) is 1. The Morgan fingerprint density at radius 3 is 2.88 bits per heavy atom. The minimum atomic E-state index is -0.326. The lowest BCUT2D eigenvalue weighted by atomic mass is 10.0. The molecule has 0 radical (unpaired) electrons. The lowest BCUT2D eigenvalue weighted by molar-refractivity contribution is 0.305. The predicted octanol–water partition coefficient (Wildman–Crippen LogP) is 4.05. The fourth-order valence-corrected chi connectivity index (χ4v) is 4.39. The molecule has 32 heavy (non-hydrogen) atoms. The van der Waals surface area contributed by atoms with E-state index in [0.29, 0.717) is 29.5 Å². The Morgan fingerprint density at radius 1 is 1.16 bits per heavy atom. The molecule has 0 spiro atoms. The molecular weight excluding hydrogens is 407 g/mol. The SMILES string of the molecule is Cc1cc2n(n1)-c1ccc(F)cc1COc1cc(cnc1N)-c1c(cnn1CC1CC1)C2. The van der Waals surface area contributed by atoms with Crippen molar-refractivity contribution < 1.29 is 9.13 Å². The van der Waals surface area contributed by atoms with E-state index in [0.717, 1.165) is 40.4 Å². The fourth-order valence-electron chi connectivity index (χ4n) is 4.39.